The molecule has 0 aliphatic carbocycles. The molecule has 4 N–H and O–H groups in total. The summed E-state index contributed by atoms with van der Waals surface area (Å²) in [7, 11) is 1.53. The summed E-state index contributed by atoms with van der Waals surface area (Å²) in [5.74, 6) is -2.63. The average molecular weight is 507 g/mol. The van der Waals surface area contributed by atoms with Gasteiger partial charge in [-0.1, -0.05) is 30.3 Å². The minimum absolute atomic E-state index is 0. The number of carboxylic acids is 2. The monoisotopic (exact) mass is 506 g/mol. The molecule has 2 heterocycles. The molecule has 35 heavy (non-hydrogen) atoms. The average Bonchev–Trinajstić information content (AvgIpc) is 3.20. The van der Waals surface area contributed by atoms with E-state index >= 15 is 0 Å². The van der Waals surface area contributed by atoms with E-state index in [0.29, 0.717) is 25.8 Å². The van der Waals surface area contributed by atoms with Gasteiger partial charge in [-0.15, -0.1) is 0 Å². The standard InChI is InChI=1S/C23H32N4O6.2Na/c1-14(25-17(21(29)30)9-8-15-6-4-3-5-7-15)20(28)27-18(22(31)32)12-16-10-11-26(13-19(16)27)23(33)24-2;;/h3-7,14,16-19,25H,8-13H2,1-2H3,(H,24,33)(H,29,30)(H,31,32);;. The van der Waals surface area contributed by atoms with Crippen LogP contribution in [0.4, 0.5) is 4.79 Å². The third-order valence-corrected chi connectivity index (χ3v) is 6.67. The summed E-state index contributed by atoms with van der Waals surface area (Å²) in [6.45, 7) is 2.32. The number of aliphatic carboxylic acids is 2. The quantitative estimate of drug-likeness (QED) is 0.364. The zero-order chi connectivity index (χ0) is 24.1. The largest absolute Gasteiger partial charge is 0.480 e. The van der Waals surface area contributed by atoms with Crippen LogP contribution in [0.2, 0.25) is 0 Å². The number of carboxylic acid groups (broad SMARTS) is 2. The fourth-order valence-corrected chi connectivity index (χ4v) is 4.91. The Kier molecular flexibility index (Phi) is 13.3. The van der Waals surface area contributed by atoms with Crippen LogP contribution in [0.25, 0.3) is 0 Å². The van der Waals surface area contributed by atoms with E-state index in [9.17, 15) is 29.4 Å². The Morgan fingerprint density at radius 3 is 2.34 bits per heavy atom. The fraction of sp³-hybridized carbons (Fsp3) is 0.565. The summed E-state index contributed by atoms with van der Waals surface area (Å²) < 4.78 is 0. The third kappa shape index (κ3) is 7.92. The molecule has 5 unspecified atom stereocenters. The molecule has 2 aliphatic heterocycles. The first-order valence-corrected chi connectivity index (χ1v) is 11.3. The Morgan fingerprint density at radius 1 is 1.11 bits per heavy atom. The van der Waals surface area contributed by atoms with Crippen LogP contribution in [-0.2, 0) is 20.8 Å². The number of aryl methyl sites for hydroxylation is 1. The van der Waals surface area contributed by atoms with Crippen molar-refractivity contribution in [2.75, 3.05) is 20.1 Å². The van der Waals surface area contributed by atoms with Crippen molar-refractivity contribution in [1.82, 2.24) is 20.4 Å². The zero-order valence-electron chi connectivity index (χ0n) is 20.9. The van der Waals surface area contributed by atoms with Crippen molar-refractivity contribution < 1.29 is 29.4 Å². The van der Waals surface area contributed by atoms with Crippen molar-refractivity contribution in [1.29, 1.82) is 0 Å². The number of piperidine rings is 1. The van der Waals surface area contributed by atoms with E-state index in [1.807, 2.05) is 30.3 Å². The van der Waals surface area contributed by atoms with Crippen LogP contribution >= 0.6 is 0 Å². The molecule has 5 atom stereocenters. The maximum atomic E-state index is 13.4. The van der Waals surface area contributed by atoms with Crippen LogP contribution in [-0.4, -0.2) is 147 Å². The smallest absolute Gasteiger partial charge is 0.326 e. The maximum absolute atomic E-state index is 13.4. The number of hydrogen-bond acceptors (Lipinski definition) is 5. The number of nitrogens with one attached hydrogen (secondary N) is 2. The molecule has 3 amide bonds. The molecule has 182 valence electrons. The Balaban J connectivity index is 0.00000306. The van der Waals surface area contributed by atoms with E-state index in [1.54, 1.807) is 11.8 Å². The van der Waals surface area contributed by atoms with Gasteiger partial charge < -0.3 is 25.3 Å². The van der Waals surface area contributed by atoms with Crippen LogP contribution in [0.1, 0.15) is 31.7 Å². The van der Waals surface area contributed by atoms with Gasteiger partial charge >= 0.3 is 18.0 Å². The van der Waals surface area contributed by atoms with Gasteiger partial charge in [0.05, 0.1) is 12.1 Å². The number of rotatable bonds is 8. The molecule has 10 nitrogen and oxygen atoms in total. The molecular weight excluding hydrogens is 474 g/mol. The molecule has 1 aromatic carbocycles. The van der Waals surface area contributed by atoms with Gasteiger partial charge in [0.1, 0.15) is 12.1 Å². The van der Waals surface area contributed by atoms with Crippen molar-refractivity contribution in [2.24, 2.45) is 5.92 Å². The number of urea groups is 1. The summed E-state index contributed by atoms with van der Waals surface area (Å²) in [6.07, 6.45) is 1.76. The second kappa shape index (κ2) is 14.6. The van der Waals surface area contributed by atoms with E-state index < -0.39 is 42.0 Å². The molecule has 0 saturated carbocycles. The first-order valence-electron chi connectivity index (χ1n) is 11.3. The van der Waals surface area contributed by atoms with Gasteiger partial charge in [0.15, 0.2) is 0 Å². The predicted molar refractivity (Wildman–Crippen MR) is 131 cm³/mol. The third-order valence-electron chi connectivity index (χ3n) is 6.67. The first kappa shape index (κ1) is 31.9. The number of hydrogen-bond donors (Lipinski definition) is 4. The Hall–Kier alpha value is -1.14. The van der Waals surface area contributed by atoms with Crippen molar-refractivity contribution in [3.63, 3.8) is 0 Å². The van der Waals surface area contributed by atoms with E-state index in [0.717, 1.165) is 5.56 Å². The van der Waals surface area contributed by atoms with E-state index in [-0.39, 0.29) is 84.0 Å². The van der Waals surface area contributed by atoms with Crippen molar-refractivity contribution >= 4 is 83.0 Å². The number of nitrogens with zero attached hydrogens (tertiary/aromatic N) is 2. The number of carbonyl (C=O) groups excluding carboxylic acids is 2. The minimum atomic E-state index is -1.09. The molecular formula is C23H32N4Na2O6. The van der Waals surface area contributed by atoms with Gasteiger partial charge in [-0.25, -0.2) is 9.59 Å². The van der Waals surface area contributed by atoms with Gasteiger partial charge in [-0.05, 0) is 44.1 Å². The first-order chi connectivity index (χ1) is 15.7. The van der Waals surface area contributed by atoms with E-state index in [2.05, 4.69) is 10.6 Å². The molecule has 1 aromatic rings. The second-order valence-electron chi connectivity index (χ2n) is 8.76. The Bertz CT molecular complexity index is 890. The van der Waals surface area contributed by atoms with E-state index in [1.165, 1.54) is 11.9 Å². The van der Waals surface area contributed by atoms with Crippen LogP contribution in [0, 0.1) is 5.92 Å². The Morgan fingerprint density at radius 2 is 1.77 bits per heavy atom. The normalized spacial score (nSPS) is 22.6. The van der Waals surface area contributed by atoms with Gasteiger partial charge in [0, 0.05) is 79.3 Å². The fourth-order valence-electron chi connectivity index (χ4n) is 4.91. The summed E-state index contributed by atoms with van der Waals surface area (Å²) in [4.78, 5) is 52.2. The van der Waals surface area contributed by atoms with Crippen molar-refractivity contribution in [3.05, 3.63) is 35.9 Å². The number of fused-ring (bicyclic) bond motifs is 1. The number of benzene rings is 1. The summed E-state index contributed by atoms with van der Waals surface area (Å²) >= 11 is 0. The molecule has 0 spiro atoms. The molecule has 12 heteroatoms. The zero-order valence-corrected chi connectivity index (χ0v) is 24.9. The molecule has 0 aromatic heterocycles. The van der Waals surface area contributed by atoms with Crippen molar-refractivity contribution in [2.45, 2.75) is 56.8 Å². The second-order valence-corrected chi connectivity index (χ2v) is 8.76. The maximum Gasteiger partial charge on any atom is 0.326 e. The Labute approximate surface area is 249 Å². The van der Waals surface area contributed by atoms with Gasteiger partial charge in [-0.3, -0.25) is 14.9 Å². The van der Waals surface area contributed by atoms with E-state index in [4.69, 9.17) is 0 Å². The predicted octanol–water partition coefficient (Wildman–Crippen LogP) is 0.00430. The molecule has 3 rings (SSSR count). The molecule has 0 bridgehead atoms. The summed E-state index contributed by atoms with van der Waals surface area (Å²) in [6, 6.07) is 5.95. The number of amides is 3. The number of likely N-dealkylation sites (tertiary alicyclic amines) is 2. The van der Waals surface area contributed by atoms with Crippen LogP contribution in [0.5, 0.6) is 0 Å². The van der Waals surface area contributed by atoms with Crippen LogP contribution in [0.15, 0.2) is 30.3 Å². The number of carbonyl (C=O) groups is 4. The van der Waals surface area contributed by atoms with Crippen LogP contribution in [0.3, 0.4) is 0 Å². The van der Waals surface area contributed by atoms with Crippen molar-refractivity contribution in [3.8, 4) is 0 Å². The van der Waals surface area contributed by atoms with Gasteiger partial charge in [-0.2, -0.15) is 0 Å². The SMILES string of the molecule is CNC(=O)N1CCC2CC(C(=O)O)N(C(=O)C(C)NC(CCc3ccccc3)C(=O)O)C2C1.[Na].[Na]. The molecule has 2 radical (unpaired) electrons. The van der Waals surface area contributed by atoms with Gasteiger partial charge in [0.25, 0.3) is 0 Å². The van der Waals surface area contributed by atoms with Crippen LogP contribution < -0.4 is 10.6 Å². The summed E-state index contributed by atoms with van der Waals surface area (Å²) in [5, 5.41) is 24.9. The summed E-state index contributed by atoms with van der Waals surface area (Å²) in [5.41, 5.74) is 0.995. The molecule has 2 aliphatic rings. The topological polar surface area (TPSA) is 139 Å². The molecule has 2 saturated heterocycles. The molecule has 2 fully saturated rings. The minimum Gasteiger partial charge on any atom is -0.480 e. The van der Waals surface area contributed by atoms with Gasteiger partial charge in [0.2, 0.25) is 5.91 Å².